The molecule has 0 radical (unpaired) electrons. The summed E-state index contributed by atoms with van der Waals surface area (Å²) in [5.41, 5.74) is 2.95. The van der Waals surface area contributed by atoms with Crippen LogP contribution in [-0.4, -0.2) is 11.2 Å². The molecule has 96 valence electrons. The van der Waals surface area contributed by atoms with Crippen LogP contribution in [0.25, 0.3) is 0 Å². The van der Waals surface area contributed by atoms with Gasteiger partial charge in [0.25, 0.3) is 0 Å². The van der Waals surface area contributed by atoms with E-state index >= 15 is 0 Å². The van der Waals surface area contributed by atoms with Crippen molar-refractivity contribution in [1.82, 2.24) is 0 Å². The minimum atomic E-state index is 0.173. The summed E-state index contributed by atoms with van der Waals surface area (Å²) in [7, 11) is 0. The maximum atomic E-state index is 12.0. The molecule has 2 rings (SSSR count). The summed E-state index contributed by atoms with van der Waals surface area (Å²) < 4.78 is 0.986. The predicted octanol–water partition coefficient (Wildman–Crippen LogP) is 4.61. The SMILES string of the molecule is O=C(CCc1ccc(C=S)cc1)c1ccc(Br)cc1. The molecule has 0 aromatic heterocycles. The molecule has 0 aliphatic rings. The van der Waals surface area contributed by atoms with Crippen molar-refractivity contribution in [1.29, 1.82) is 0 Å². The molecule has 3 heteroatoms. The highest BCUT2D eigenvalue weighted by Gasteiger charge is 2.05. The first-order valence-electron chi connectivity index (χ1n) is 6.02. The number of aryl methyl sites for hydroxylation is 1. The van der Waals surface area contributed by atoms with Gasteiger partial charge < -0.3 is 0 Å². The van der Waals surface area contributed by atoms with Crippen molar-refractivity contribution >= 4 is 39.3 Å². The molecular weight excluding hydrogens is 320 g/mol. The van der Waals surface area contributed by atoms with Crippen LogP contribution >= 0.6 is 28.1 Å². The molecule has 0 spiro atoms. The second kappa shape index (κ2) is 6.73. The molecule has 0 fully saturated rings. The van der Waals surface area contributed by atoms with Gasteiger partial charge in [-0.15, -0.1) is 0 Å². The number of hydrogen-bond donors (Lipinski definition) is 0. The Kier molecular flexibility index (Phi) is 5.00. The Morgan fingerprint density at radius 1 is 1.05 bits per heavy atom. The highest BCUT2D eigenvalue weighted by Crippen LogP contribution is 2.13. The van der Waals surface area contributed by atoms with Crippen LogP contribution in [0, 0.1) is 0 Å². The molecule has 0 amide bonds. The average Bonchev–Trinajstić information content (AvgIpc) is 2.46. The molecule has 0 saturated carbocycles. The predicted molar refractivity (Wildman–Crippen MR) is 86.0 cm³/mol. The molecule has 0 saturated heterocycles. The number of hydrogen-bond acceptors (Lipinski definition) is 2. The monoisotopic (exact) mass is 332 g/mol. The minimum Gasteiger partial charge on any atom is -0.294 e. The third-order valence-corrected chi connectivity index (χ3v) is 3.72. The maximum absolute atomic E-state index is 12.0. The smallest absolute Gasteiger partial charge is 0.163 e. The first kappa shape index (κ1) is 14.1. The van der Waals surface area contributed by atoms with Gasteiger partial charge in [0.05, 0.1) is 0 Å². The number of carbonyl (C=O) groups is 1. The summed E-state index contributed by atoms with van der Waals surface area (Å²) >= 11 is 8.22. The van der Waals surface area contributed by atoms with Crippen LogP contribution in [0.2, 0.25) is 0 Å². The molecule has 0 atom stereocenters. The van der Waals surface area contributed by atoms with E-state index in [1.54, 1.807) is 5.37 Å². The van der Waals surface area contributed by atoms with E-state index < -0.39 is 0 Å². The Morgan fingerprint density at radius 3 is 2.26 bits per heavy atom. The third-order valence-electron chi connectivity index (χ3n) is 2.92. The standard InChI is InChI=1S/C16H13BrOS/c17-15-8-6-14(7-9-15)16(18)10-5-12-1-3-13(11-19)4-2-12/h1-4,6-9,11H,5,10H2. The summed E-state index contributed by atoms with van der Waals surface area (Å²) in [5.74, 6) is 0.173. The van der Waals surface area contributed by atoms with Crippen LogP contribution in [0.5, 0.6) is 0 Å². The average molecular weight is 333 g/mol. The van der Waals surface area contributed by atoms with E-state index in [4.69, 9.17) is 12.2 Å². The van der Waals surface area contributed by atoms with E-state index in [9.17, 15) is 4.79 Å². The quantitative estimate of drug-likeness (QED) is 0.587. The Hall–Kier alpha value is -1.32. The summed E-state index contributed by atoms with van der Waals surface area (Å²) in [5, 5.41) is 1.65. The van der Waals surface area contributed by atoms with Gasteiger partial charge in [0, 0.05) is 21.8 Å². The van der Waals surface area contributed by atoms with Crippen LogP contribution < -0.4 is 0 Å². The first-order chi connectivity index (χ1) is 9.19. The summed E-state index contributed by atoms with van der Waals surface area (Å²) in [4.78, 5) is 12.0. The summed E-state index contributed by atoms with van der Waals surface area (Å²) in [6.45, 7) is 0. The van der Waals surface area contributed by atoms with Crippen molar-refractivity contribution in [3.05, 3.63) is 69.7 Å². The van der Waals surface area contributed by atoms with E-state index in [0.717, 1.165) is 27.6 Å². The van der Waals surface area contributed by atoms with Gasteiger partial charge in [-0.25, -0.2) is 0 Å². The molecule has 0 aliphatic carbocycles. The van der Waals surface area contributed by atoms with Crippen molar-refractivity contribution in [3.63, 3.8) is 0 Å². The molecule has 0 heterocycles. The molecule has 0 aliphatic heterocycles. The fourth-order valence-electron chi connectivity index (χ4n) is 1.80. The number of carbonyl (C=O) groups excluding carboxylic acids is 1. The number of ketones is 1. The molecule has 1 nitrogen and oxygen atoms in total. The lowest BCUT2D eigenvalue weighted by molar-refractivity contribution is 0.0983. The van der Waals surface area contributed by atoms with Crippen LogP contribution in [0.3, 0.4) is 0 Å². The van der Waals surface area contributed by atoms with Crippen molar-refractivity contribution in [3.8, 4) is 0 Å². The second-order valence-corrected chi connectivity index (χ2v) is 5.44. The van der Waals surface area contributed by atoms with Crippen molar-refractivity contribution in [2.75, 3.05) is 0 Å². The summed E-state index contributed by atoms with van der Waals surface area (Å²) in [6.07, 6.45) is 1.28. The lowest BCUT2D eigenvalue weighted by atomic mass is 10.0. The largest absolute Gasteiger partial charge is 0.294 e. The van der Waals surface area contributed by atoms with E-state index in [0.29, 0.717) is 6.42 Å². The first-order valence-corrected chi connectivity index (χ1v) is 7.28. The van der Waals surface area contributed by atoms with E-state index in [1.165, 1.54) is 0 Å². The lowest BCUT2D eigenvalue weighted by Gasteiger charge is -2.03. The zero-order valence-corrected chi connectivity index (χ0v) is 12.7. The second-order valence-electron chi connectivity index (χ2n) is 4.29. The van der Waals surface area contributed by atoms with Gasteiger partial charge in [0.1, 0.15) is 0 Å². The number of Topliss-reactive ketones (excluding diaryl/α,β-unsaturated/α-hetero) is 1. The van der Waals surface area contributed by atoms with Gasteiger partial charge in [-0.1, -0.05) is 64.5 Å². The van der Waals surface area contributed by atoms with E-state index in [-0.39, 0.29) is 5.78 Å². The fraction of sp³-hybridized carbons (Fsp3) is 0.125. The van der Waals surface area contributed by atoms with Gasteiger partial charge >= 0.3 is 0 Å². The van der Waals surface area contributed by atoms with Crippen molar-refractivity contribution in [2.24, 2.45) is 0 Å². The Bertz CT molecular complexity index is 573. The van der Waals surface area contributed by atoms with Crippen LogP contribution in [0.15, 0.2) is 53.0 Å². The highest BCUT2D eigenvalue weighted by molar-refractivity contribution is 9.10. The zero-order chi connectivity index (χ0) is 13.7. The molecule has 19 heavy (non-hydrogen) atoms. The Morgan fingerprint density at radius 2 is 1.68 bits per heavy atom. The van der Waals surface area contributed by atoms with Crippen LogP contribution in [-0.2, 0) is 6.42 Å². The van der Waals surface area contributed by atoms with Gasteiger partial charge in [0.15, 0.2) is 5.78 Å². The topological polar surface area (TPSA) is 17.1 Å². The Balaban J connectivity index is 1.96. The number of thiocarbonyl (C=S) groups is 1. The molecule has 2 aromatic rings. The molecule has 2 aromatic carbocycles. The van der Waals surface area contributed by atoms with Gasteiger partial charge in [-0.2, -0.15) is 0 Å². The highest BCUT2D eigenvalue weighted by atomic mass is 79.9. The molecule has 0 bridgehead atoms. The maximum Gasteiger partial charge on any atom is 0.163 e. The minimum absolute atomic E-state index is 0.173. The van der Waals surface area contributed by atoms with Crippen molar-refractivity contribution in [2.45, 2.75) is 12.8 Å². The van der Waals surface area contributed by atoms with Gasteiger partial charge in [-0.3, -0.25) is 4.79 Å². The molecule has 0 unspecified atom stereocenters. The number of halogens is 1. The number of benzene rings is 2. The van der Waals surface area contributed by atoms with Crippen LogP contribution in [0.1, 0.15) is 27.9 Å². The van der Waals surface area contributed by atoms with E-state index in [1.807, 2.05) is 48.5 Å². The zero-order valence-electron chi connectivity index (χ0n) is 10.3. The van der Waals surface area contributed by atoms with E-state index in [2.05, 4.69) is 15.9 Å². The van der Waals surface area contributed by atoms with Gasteiger partial charge in [-0.05, 0) is 29.7 Å². The van der Waals surface area contributed by atoms with Crippen molar-refractivity contribution < 1.29 is 4.79 Å². The lowest BCUT2D eigenvalue weighted by Crippen LogP contribution is -2.01. The number of rotatable bonds is 5. The normalized spacial score (nSPS) is 10.2. The fourth-order valence-corrected chi connectivity index (χ4v) is 2.22. The molecule has 0 N–H and O–H groups in total. The summed E-state index contributed by atoms with van der Waals surface area (Å²) in [6, 6.07) is 15.5. The van der Waals surface area contributed by atoms with Gasteiger partial charge in [0.2, 0.25) is 0 Å². The Labute approximate surface area is 126 Å². The molecular formula is C16H13BrOS. The third kappa shape index (κ3) is 4.08. The van der Waals surface area contributed by atoms with Crippen LogP contribution in [0.4, 0.5) is 0 Å².